The Bertz CT molecular complexity index is 546. The van der Waals surface area contributed by atoms with E-state index in [0.29, 0.717) is 18.2 Å². The monoisotopic (exact) mass is 348 g/mol. The number of primary amides is 1. The summed E-state index contributed by atoms with van der Waals surface area (Å²) < 4.78 is 5.32. The average Bonchev–Trinajstić information content (AvgIpc) is 2.62. The highest BCUT2D eigenvalue weighted by molar-refractivity contribution is 5.79. The van der Waals surface area contributed by atoms with Gasteiger partial charge in [-0.15, -0.1) is 0 Å². The second kappa shape index (κ2) is 12.2. The molecule has 0 aromatic heterocycles. The van der Waals surface area contributed by atoms with Crippen molar-refractivity contribution in [3.05, 3.63) is 29.8 Å². The van der Waals surface area contributed by atoms with Gasteiger partial charge in [-0.2, -0.15) is 0 Å². The molecule has 4 N–H and O–H groups in total. The zero-order chi connectivity index (χ0) is 18.5. The number of nitrogens with two attached hydrogens (primary N) is 1. The van der Waals surface area contributed by atoms with Crippen LogP contribution in [0, 0.1) is 5.92 Å². The molecule has 0 saturated heterocycles. The van der Waals surface area contributed by atoms with Crippen LogP contribution in [-0.4, -0.2) is 32.1 Å². The Morgan fingerprint density at radius 1 is 1.32 bits per heavy atom. The van der Waals surface area contributed by atoms with Crippen LogP contribution in [0.5, 0.6) is 5.75 Å². The molecule has 0 heterocycles. The zero-order valence-corrected chi connectivity index (χ0v) is 15.7. The number of nitrogens with one attached hydrogen (secondary N) is 2. The summed E-state index contributed by atoms with van der Waals surface area (Å²) in [6, 6.07) is 7.58. The summed E-state index contributed by atoms with van der Waals surface area (Å²) in [7, 11) is 1.77. The third-order valence-electron chi connectivity index (χ3n) is 4.06. The van der Waals surface area contributed by atoms with Crippen molar-refractivity contribution in [2.45, 2.75) is 46.1 Å². The van der Waals surface area contributed by atoms with E-state index < -0.39 is 5.91 Å². The van der Waals surface area contributed by atoms with Crippen LogP contribution >= 0.6 is 0 Å². The summed E-state index contributed by atoms with van der Waals surface area (Å²) in [6.07, 6.45) is 4.92. The molecule has 25 heavy (non-hydrogen) atoms. The number of carbonyl (C=O) groups is 1. The summed E-state index contributed by atoms with van der Waals surface area (Å²) in [5, 5.41) is 6.71. The predicted molar refractivity (Wildman–Crippen MR) is 103 cm³/mol. The van der Waals surface area contributed by atoms with Crippen molar-refractivity contribution in [3.63, 3.8) is 0 Å². The molecule has 1 rings (SSSR count). The first kappa shape index (κ1) is 20.8. The molecular weight excluding hydrogens is 316 g/mol. The van der Waals surface area contributed by atoms with Crippen LogP contribution in [0.4, 0.5) is 0 Å². The number of benzene rings is 1. The normalized spacial score (nSPS) is 12.5. The Hall–Kier alpha value is -2.24. The molecule has 1 aromatic rings. The molecule has 0 radical (unpaired) electrons. The largest absolute Gasteiger partial charge is 0.484 e. The Morgan fingerprint density at radius 3 is 2.76 bits per heavy atom. The topological polar surface area (TPSA) is 88.7 Å². The summed E-state index contributed by atoms with van der Waals surface area (Å²) in [4.78, 5) is 15.1. The number of aliphatic imine (C=N–C) groups is 1. The quantitative estimate of drug-likeness (QED) is 0.423. The van der Waals surface area contributed by atoms with Crippen LogP contribution in [0.15, 0.2) is 29.3 Å². The fourth-order valence-electron chi connectivity index (χ4n) is 2.49. The lowest BCUT2D eigenvalue weighted by Gasteiger charge is -2.18. The van der Waals surface area contributed by atoms with Crippen molar-refractivity contribution in [3.8, 4) is 5.75 Å². The molecule has 0 aliphatic carbocycles. The van der Waals surface area contributed by atoms with Gasteiger partial charge in [-0.3, -0.25) is 9.79 Å². The number of hydrogen-bond acceptors (Lipinski definition) is 3. The van der Waals surface area contributed by atoms with Gasteiger partial charge in [0.1, 0.15) is 5.75 Å². The molecule has 1 atom stereocenters. The summed E-state index contributed by atoms with van der Waals surface area (Å²) in [5.41, 5.74) is 6.14. The van der Waals surface area contributed by atoms with Crippen molar-refractivity contribution >= 4 is 11.9 Å². The number of amides is 1. The molecule has 6 heteroatoms. The highest BCUT2D eigenvalue weighted by Gasteiger charge is 2.07. The number of guanidine groups is 1. The van der Waals surface area contributed by atoms with E-state index in [4.69, 9.17) is 10.5 Å². The average molecular weight is 348 g/mol. The van der Waals surface area contributed by atoms with Gasteiger partial charge in [0.25, 0.3) is 5.91 Å². The van der Waals surface area contributed by atoms with Crippen LogP contribution in [0.25, 0.3) is 0 Å². The van der Waals surface area contributed by atoms with Crippen molar-refractivity contribution < 1.29 is 9.53 Å². The Labute approximate surface area is 151 Å². The first-order valence-electron chi connectivity index (χ1n) is 9.03. The minimum absolute atomic E-state index is 0.115. The number of carbonyl (C=O) groups excluding carboxylic acids is 1. The number of unbranched alkanes of at least 4 members (excludes halogenated alkanes) is 1. The van der Waals surface area contributed by atoms with Gasteiger partial charge in [-0.05, 0) is 30.0 Å². The fraction of sp³-hybridized carbons (Fsp3) is 0.579. The van der Waals surface area contributed by atoms with Crippen LogP contribution in [-0.2, 0) is 11.3 Å². The molecule has 1 unspecified atom stereocenters. The summed E-state index contributed by atoms with van der Waals surface area (Å²) >= 11 is 0. The van der Waals surface area contributed by atoms with Crippen molar-refractivity contribution in [2.24, 2.45) is 16.6 Å². The Kier molecular flexibility index (Phi) is 10.1. The molecule has 0 saturated carbocycles. The minimum atomic E-state index is -0.485. The summed E-state index contributed by atoms with van der Waals surface area (Å²) in [6.45, 7) is 5.89. The number of ether oxygens (including phenoxy) is 1. The van der Waals surface area contributed by atoms with Gasteiger partial charge in [0.05, 0.1) is 0 Å². The second-order valence-electron chi connectivity index (χ2n) is 6.13. The van der Waals surface area contributed by atoms with Crippen LogP contribution < -0.4 is 21.1 Å². The van der Waals surface area contributed by atoms with Gasteiger partial charge >= 0.3 is 0 Å². The van der Waals surface area contributed by atoms with E-state index >= 15 is 0 Å². The van der Waals surface area contributed by atoms with Gasteiger partial charge in [-0.25, -0.2) is 0 Å². The maximum Gasteiger partial charge on any atom is 0.255 e. The van der Waals surface area contributed by atoms with E-state index in [2.05, 4.69) is 29.5 Å². The van der Waals surface area contributed by atoms with Crippen molar-refractivity contribution in [1.82, 2.24) is 10.6 Å². The van der Waals surface area contributed by atoms with E-state index in [1.807, 2.05) is 18.2 Å². The lowest BCUT2D eigenvalue weighted by Crippen LogP contribution is -2.39. The number of rotatable bonds is 11. The Morgan fingerprint density at radius 2 is 2.12 bits per heavy atom. The molecule has 6 nitrogen and oxygen atoms in total. The Balaban J connectivity index is 2.46. The third kappa shape index (κ3) is 8.98. The van der Waals surface area contributed by atoms with Gasteiger partial charge < -0.3 is 21.1 Å². The van der Waals surface area contributed by atoms with E-state index in [-0.39, 0.29) is 6.61 Å². The van der Waals surface area contributed by atoms with E-state index in [1.165, 1.54) is 25.7 Å². The molecule has 1 aromatic carbocycles. The third-order valence-corrected chi connectivity index (χ3v) is 4.06. The van der Waals surface area contributed by atoms with Gasteiger partial charge in [-0.1, -0.05) is 45.2 Å². The highest BCUT2D eigenvalue weighted by atomic mass is 16.5. The number of nitrogens with zero attached hydrogens (tertiary/aromatic N) is 1. The summed E-state index contributed by atoms with van der Waals surface area (Å²) in [5.74, 6) is 1.61. The molecule has 1 amide bonds. The standard InChI is InChI=1S/C19H32N4O2/c1-4-6-8-15(5-2)12-22-19(21-3)23-13-16-9-7-10-17(11-16)25-14-18(20)24/h7,9-11,15H,4-6,8,12-14H2,1-3H3,(H2,20,24)(H2,21,22,23). The first-order chi connectivity index (χ1) is 12.1. The van der Waals surface area contributed by atoms with Crippen molar-refractivity contribution in [1.29, 1.82) is 0 Å². The zero-order valence-electron chi connectivity index (χ0n) is 15.7. The number of hydrogen-bond donors (Lipinski definition) is 3. The lowest BCUT2D eigenvalue weighted by atomic mass is 9.99. The van der Waals surface area contributed by atoms with E-state index in [9.17, 15) is 4.79 Å². The maximum absolute atomic E-state index is 10.8. The molecule has 0 aliphatic heterocycles. The molecule has 140 valence electrons. The van der Waals surface area contributed by atoms with E-state index in [1.54, 1.807) is 13.1 Å². The molecule has 0 spiro atoms. The van der Waals surface area contributed by atoms with Crippen molar-refractivity contribution in [2.75, 3.05) is 20.2 Å². The van der Waals surface area contributed by atoms with Gasteiger partial charge in [0.15, 0.2) is 12.6 Å². The minimum Gasteiger partial charge on any atom is -0.484 e. The lowest BCUT2D eigenvalue weighted by molar-refractivity contribution is -0.119. The van der Waals surface area contributed by atoms with E-state index in [0.717, 1.165) is 18.1 Å². The highest BCUT2D eigenvalue weighted by Crippen LogP contribution is 2.13. The fourth-order valence-corrected chi connectivity index (χ4v) is 2.49. The van der Waals surface area contributed by atoms with Crippen LogP contribution in [0.1, 0.15) is 45.1 Å². The maximum atomic E-state index is 10.8. The second-order valence-corrected chi connectivity index (χ2v) is 6.13. The molecular formula is C19H32N4O2. The predicted octanol–water partition coefficient (Wildman–Crippen LogP) is 2.43. The molecule has 0 aliphatic rings. The van der Waals surface area contributed by atoms with Gasteiger partial charge in [0, 0.05) is 20.1 Å². The van der Waals surface area contributed by atoms with Gasteiger partial charge in [0.2, 0.25) is 0 Å². The molecule has 0 bridgehead atoms. The van der Waals surface area contributed by atoms with Crippen LogP contribution in [0.2, 0.25) is 0 Å². The smallest absolute Gasteiger partial charge is 0.255 e. The SMILES string of the molecule is CCCCC(CC)CNC(=NC)NCc1cccc(OCC(N)=O)c1. The van der Waals surface area contributed by atoms with Crippen LogP contribution in [0.3, 0.4) is 0 Å². The first-order valence-corrected chi connectivity index (χ1v) is 9.03. The molecule has 0 fully saturated rings.